The van der Waals surface area contributed by atoms with Crippen molar-refractivity contribution >= 4 is 28.8 Å². The molecule has 0 aliphatic carbocycles. The number of benzene rings is 2. The van der Waals surface area contributed by atoms with Gasteiger partial charge in [-0.15, -0.1) is 0 Å². The lowest BCUT2D eigenvalue weighted by Gasteiger charge is -2.09. The lowest BCUT2D eigenvalue weighted by molar-refractivity contribution is 0.102. The molecule has 5 heteroatoms. The van der Waals surface area contributed by atoms with Crippen molar-refractivity contribution in [2.24, 2.45) is 5.73 Å². The van der Waals surface area contributed by atoms with Crippen molar-refractivity contribution < 1.29 is 9.53 Å². The smallest absolute Gasteiger partial charge is 0.259 e. The number of rotatable bonds is 4. The SMILES string of the molecule is COc1ccccc1C(=O)Nc1cccc(C(N)=S)c1. The summed E-state index contributed by atoms with van der Waals surface area (Å²) in [6.45, 7) is 0. The van der Waals surface area contributed by atoms with Gasteiger partial charge in [-0.05, 0) is 24.3 Å². The van der Waals surface area contributed by atoms with Crippen LogP contribution < -0.4 is 15.8 Å². The average Bonchev–Trinajstić information content (AvgIpc) is 2.47. The van der Waals surface area contributed by atoms with Crippen molar-refractivity contribution in [3.05, 3.63) is 59.7 Å². The number of methoxy groups -OCH3 is 1. The molecule has 2 aromatic rings. The fourth-order valence-corrected chi connectivity index (χ4v) is 1.91. The van der Waals surface area contributed by atoms with Crippen LogP contribution in [0, 0.1) is 0 Å². The van der Waals surface area contributed by atoms with Crippen molar-refractivity contribution in [1.82, 2.24) is 0 Å². The molecule has 0 atom stereocenters. The van der Waals surface area contributed by atoms with Gasteiger partial charge in [-0.1, -0.05) is 36.5 Å². The summed E-state index contributed by atoms with van der Waals surface area (Å²) in [7, 11) is 1.53. The Balaban J connectivity index is 2.23. The van der Waals surface area contributed by atoms with Crippen LogP contribution in [-0.2, 0) is 0 Å². The highest BCUT2D eigenvalue weighted by molar-refractivity contribution is 7.80. The normalized spacial score (nSPS) is 9.85. The number of carbonyl (C=O) groups excluding carboxylic acids is 1. The molecule has 20 heavy (non-hydrogen) atoms. The molecule has 1 amide bonds. The summed E-state index contributed by atoms with van der Waals surface area (Å²) in [5.74, 6) is 0.276. The molecule has 0 unspecified atom stereocenters. The lowest BCUT2D eigenvalue weighted by atomic mass is 10.1. The third-order valence-electron chi connectivity index (χ3n) is 2.76. The largest absolute Gasteiger partial charge is 0.496 e. The Labute approximate surface area is 122 Å². The number of thiocarbonyl (C=S) groups is 1. The van der Waals surface area contributed by atoms with E-state index in [1.54, 1.807) is 42.5 Å². The molecule has 0 aliphatic rings. The van der Waals surface area contributed by atoms with Crippen LogP contribution in [-0.4, -0.2) is 18.0 Å². The van der Waals surface area contributed by atoms with E-state index in [0.29, 0.717) is 27.6 Å². The average molecular weight is 286 g/mol. The van der Waals surface area contributed by atoms with E-state index in [1.165, 1.54) is 7.11 Å². The number of anilines is 1. The minimum absolute atomic E-state index is 0.248. The minimum Gasteiger partial charge on any atom is -0.496 e. The number of nitrogens with one attached hydrogen (secondary N) is 1. The molecule has 2 rings (SSSR count). The van der Waals surface area contributed by atoms with Crippen molar-refractivity contribution in [3.8, 4) is 5.75 Å². The number of para-hydroxylation sites is 1. The Hall–Kier alpha value is -2.40. The molecule has 0 heterocycles. The van der Waals surface area contributed by atoms with E-state index in [1.807, 2.05) is 6.07 Å². The maximum Gasteiger partial charge on any atom is 0.259 e. The predicted molar refractivity (Wildman–Crippen MR) is 83.3 cm³/mol. The van der Waals surface area contributed by atoms with Crippen molar-refractivity contribution in [3.63, 3.8) is 0 Å². The lowest BCUT2D eigenvalue weighted by Crippen LogP contribution is -2.14. The number of carbonyl (C=O) groups is 1. The Bertz CT molecular complexity index is 656. The highest BCUT2D eigenvalue weighted by Gasteiger charge is 2.11. The third kappa shape index (κ3) is 3.13. The van der Waals surface area contributed by atoms with Gasteiger partial charge in [0.25, 0.3) is 5.91 Å². The zero-order valence-corrected chi connectivity index (χ0v) is 11.7. The van der Waals surface area contributed by atoms with Gasteiger partial charge in [-0.25, -0.2) is 0 Å². The zero-order valence-electron chi connectivity index (χ0n) is 10.9. The van der Waals surface area contributed by atoms with Gasteiger partial charge in [0.2, 0.25) is 0 Å². The Morgan fingerprint density at radius 1 is 1.20 bits per heavy atom. The molecule has 3 N–H and O–H groups in total. The standard InChI is InChI=1S/C15H14N2O2S/c1-19-13-8-3-2-7-12(13)15(18)17-11-6-4-5-10(9-11)14(16)20/h2-9H,1H3,(H2,16,20)(H,17,18). The van der Waals surface area contributed by atoms with Crippen LogP contribution in [0.5, 0.6) is 5.75 Å². The van der Waals surface area contributed by atoms with Crippen LogP contribution in [0.2, 0.25) is 0 Å². The molecular formula is C15H14N2O2S. The summed E-state index contributed by atoms with van der Waals surface area (Å²) in [6.07, 6.45) is 0. The zero-order chi connectivity index (χ0) is 14.5. The van der Waals surface area contributed by atoms with E-state index >= 15 is 0 Å². The number of nitrogens with two attached hydrogens (primary N) is 1. The highest BCUT2D eigenvalue weighted by Crippen LogP contribution is 2.19. The third-order valence-corrected chi connectivity index (χ3v) is 2.99. The maximum absolute atomic E-state index is 12.2. The van der Waals surface area contributed by atoms with Crippen LogP contribution in [0.25, 0.3) is 0 Å². The van der Waals surface area contributed by atoms with Gasteiger partial charge in [0.05, 0.1) is 12.7 Å². The summed E-state index contributed by atoms with van der Waals surface area (Å²) in [6, 6.07) is 14.1. The molecule has 0 saturated heterocycles. The van der Waals surface area contributed by atoms with Gasteiger partial charge >= 0.3 is 0 Å². The van der Waals surface area contributed by atoms with Crippen LogP contribution >= 0.6 is 12.2 Å². The number of amides is 1. The maximum atomic E-state index is 12.2. The molecule has 0 bridgehead atoms. The van der Waals surface area contributed by atoms with Crippen LogP contribution in [0.4, 0.5) is 5.69 Å². The molecule has 0 aromatic heterocycles. The molecule has 0 radical (unpaired) electrons. The summed E-state index contributed by atoms with van der Waals surface area (Å²) < 4.78 is 5.16. The predicted octanol–water partition coefficient (Wildman–Crippen LogP) is 2.58. The topological polar surface area (TPSA) is 64.3 Å². The van der Waals surface area contributed by atoms with E-state index in [4.69, 9.17) is 22.7 Å². The van der Waals surface area contributed by atoms with E-state index in [9.17, 15) is 4.79 Å². The Morgan fingerprint density at radius 2 is 1.95 bits per heavy atom. The van der Waals surface area contributed by atoms with Gasteiger partial charge in [-0.3, -0.25) is 4.79 Å². The molecule has 0 fully saturated rings. The molecule has 0 aliphatic heterocycles. The van der Waals surface area contributed by atoms with E-state index in [0.717, 1.165) is 0 Å². The Kier molecular flexibility index (Phi) is 4.32. The van der Waals surface area contributed by atoms with Crippen LogP contribution in [0.1, 0.15) is 15.9 Å². The van der Waals surface area contributed by atoms with Gasteiger partial charge in [0.1, 0.15) is 10.7 Å². The van der Waals surface area contributed by atoms with Crippen LogP contribution in [0.15, 0.2) is 48.5 Å². The molecule has 4 nitrogen and oxygen atoms in total. The highest BCUT2D eigenvalue weighted by atomic mass is 32.1. The first-order valence-corrected chi connectivity index (χ1v) is 6.37. The second-order valence-electron chi connectivity index (χ2n) is 4.10. The molecule has 2 aromatic carbocycles. The molecule has 0 spiro atoms. The monoisotopic (exact) mass is 286 g/mol. The first kappa shape index (κ1) is 14.0. The van der Waals surface area contributed by atoms with E-state index < -0.39 is 0 Å². The Morgan fingerprint density at radius 3 is 2.65 bits per heavy atom. The number of hydrogen-bond donors (Lipinski definition) is 2. The van der Waals surface area contributed by atoms with Crippen molar-refractivity contribution in [2.45, 2.75) is 0 Å². The van der Waals surface area contributed by atoms with E-state index in [-0.39, 0.29) is 5.91 Å². The number of ether oxygens (including phenoxy) is 1. The van der Waals surface area contributed by atoms with Gasteiger partial charge in [-0.2, -0.15) is 0 Å². The molecule has 102 valence electrons. The second-order valence-corrected chi connectivity index (χ2v) is 4.54. The van der Waals surface area contributed by atoms with E-state index in [2.05, 4.69) is 5.32 Å². The quantitative estimate of drug-likeness (QED) is 0.848. The van der Waals surface area contributed by atoms with Crippen molar-refractivity contribution in [2.75, 3.05) is 12.4 Å². The molecular weight excluding hydrogens is 272 g/mol. The first-order chi connectivity index (χ1) is 9.61. The summed E-state index contributed by atoms with van der Waals surface area (Å²) in [5.41, 5.74) is 7.37. The first-order valence-electron chi connectivity index (χ1n) is 5.96. The fraction of sp³-hybridized carbons (Fsp3) is 0.0667. The van der Waals surface area contributed by atoms with Gasteiger partial charge in [0.15, 0.2) is 0 Å². The minimum atomic E-state index is -0.248. The summed E-state index contributed by atoms with van der Waals surface area (Å²) in [5, 5.41) is 2.79. The summed E-state index contributed by atoms with van der Waals surface area (Å²) in [4.78, 5) is 12.5. The summed E-state index contributed by atoms with van der Waals surface area (Å²) >= 11 is 4.91. The van der Waals surface area contributed by atoms with Gasteiger partial charge in [0, 0.05) is 11.3 Å². The fourth-order valence-electron chi connectivity index (χ4n) is 1.78. The van der Waals surface area contributed by atoms with Crippen LogP contribution in [0.3, 0.4) is 0 Å². The molecule has 0 saturated carbocycles. The van der Waals surface area contributed by atoms with Gasteiger partial charge < -0.3 is 15.8 Å². The van der Waals surface area contributed by atoms with Crippen molar-refractivity contribution in [1.29, 1.82) is 0 Å². The second kappa shape index (κ2) is 6.16. The number of hydrogen-bond acceptors (Lipinski definition) is 3.